The number of amides is 1. The normalized spacial score (nSPS) is 25.2. The number of allylic oxidation sites excluding steroid dienone is 2. The van der Waals surface area contributed by atoms with Crippen molar-refractivity contribution in [1.29, 1.82) is 0 Å². The fourth-order valence-electron chi connectivity index (χ4n) is 4.03. The smallest absolute Gasteiger partial charge is 0.239 e. The first-order valence-corrected chi connectivity index (χ1v) is 8.31. The highest BCUT2D eigenvalue weighted by atomic mass is 16.5. The Kier molecular flexibility index (Phi) is 3.60. The van der Waals surface area contributed by atoms with Crippen LogP contribution in [0.1, 0.15) is 12.8 Å². The second kappa shape index (κ2) is 5.76. The van der Waals surface area contributed by atoms with Crippen LogP contribution in [-0.4, -0.2) is 24.1 Å². The summed E-state index contributed by atoms with van der Waals surface area (Å²) in [4.78, 5) is 12.3. The van der Waals surface area contributed by atoms with E-state index in [9.17, 15) is 4.79 Å². The zero-order valence-corrected chi connectivity index (χ0v) is 13.4. The molecule has 1 aromatic carbocycles. The minimum absolute atomic E-state index is 0.0880. The van der Waals surface area contributed by atoms with Crippen LogP contribution in [-0.2, 0) is 11.3 Å². The van der Waals surface area contributed by atoms with E-state index in [1.54, 1.807) is 7.11 Å². The van der Waals surface area contributed by atoms with E-state index < -0.39 is 0 Å². The second-order valence-corrected chi connectivity index (χ2v) is 6.71. The maximum atomic E-state index is 12.3. The van der Waals surface area contributed by atoms with E-state index in [0.29, 0.717) is 18.4 Å². The fraction of sp³-hybridized carbons (Fsp3) is 0.421. The van der Waals surface area contributed by atoms with Gasteiger partial charge in [-0.25, -0.2) is 0 Å². The van der Waals surface area contributed by atoms with E-state index in [0.717, 1.165) is 29.1 Å². The van der Waals surface area contributed by atoms with Crippen LogP contribution < -0.4 is 10.1 Å². The Morgan fingerprint density at radius 1 is 1.30 bits per heavy atom. The highest BCUT2D eigenvalue weighted by Crippen LogP contribution is 2.42. The molecule has 2 aliphatic carbocycles. The van der Waals surface area contributed by atoms with Crippen LogP contribution in [0.25, 0.3) is 10.9 Å². The molecule has 1 N–H and O–H groups in total. The lowest BCUT2D eigenvalue weighted by Crippen LogP contribution is -2.33. The van der Waals surface area contributed by atoms with Crippen molar-refractivity contribution in [3.63, 3.8) is 0 Å². The summed E-state index contributed by atoms with van der Waals surface area (Å²) in [5.41, 5.74) is 1.06. The number of hydrogen-bond donors (Lipinski definition) is 1. The van der Waals surface area contributed by atoms with Gasteiger partial charge in [0.05, 0.1) is 7.11 Å². The fourth-order valence-corrected chi connectivity index (χ4v) is 4.03. The summed E-state index contributed by atoms with van der Waals surface area (Å²) in [6.45, 7) is 1.17. The Balaban J connectivity index is 1.38. The zero-order valence-electron chi connectivity index (χ0n) is 13.4. The number of nitrogens with zero attached hydrogens (tertiary/aromatic N) is 1. The van der Waals surface area contributed by atoms with Crippen molar-refractivity contribution in [2.24, 2.45) is 17.8 Å². The third-order valence-corrected chi connectivity index (χ3v) is 5.27. The van der Waals surface area contributed by atoms with E-state index >= 15 is 0 Å². The molecule has 4 rings (SSSR count). The van der Waals surface area contributed by atoms with E-state index in [1.807, 2.05) is 35.0 Å². The number of rotatable bonds is 5. The van der Waals surface area contributed by atoms with Gasteiger partial charge in [-0.15, -0.1) is 0 Å². The highest BCUT2D eigenvalue weighted by molar-refractivity contribution is 5.84. The van der Waals surface area contributed by atoms with Crippen molar-refractivity contribution in [2.75, 3.05) is 13.7 Å². The number of benzene rings is 1. The molecule has 1 saturated carbocycles. The molecule has 0 radical (unpaired) electrons. The molecule has 4 heteroatoms. The van der Waals surface area contributed by atoms with Gasteiger partial charge in [-0.2, -0.15) is 0 Å². The number of hydrogen-bond acceptors (Lipinski definition) is 2. The van der Waals surface area contributed by atoms with Gasteiger partial charge in [0.2, 0.25) is 5.91 Å². The predicted octanol–water partition coefficient (Wildman–Crippen LogP) is 2.98. The molecule has 1 amide bonds. The predicted molar refractivity (Wildman–Crippen MR) is 90.3 cm³/mol. The molecular formula is C19H22N2O2. The molecule has 1 fully saturated rings. The number of carbonyl (C=O) groups is 1. The van der Waals surface area contributed by atoms with Crippen molar-refractivity contribution in [3.05, 3.63) is 42.6 Å². The summed E-state index contributed by atoms with van der Waals surface area (Å²) in [7, 11) is 1.66. The van der Waals surface area contributed by atoms with Crippen molar-refractivity contribution >= 4 is 16.8 Å². The number of ether oxygens (including phenoxy) is 1. The van der Waals surface area contributed by atoms with E-state index in [-0.39, 0.29) is 5.91 Å². The number of carbonyl (C=O) groups excluding carboxylic acids is 1. The van der Waals surface area contributed by atoms with Crippen LogP contribution >= 0.6 is 0 Å². The average Bonchev–Trinajstić information content (AvgIpc) is 3.28. The molecule has 120 valence electrons. The summed E-state index contributed by atoms with van der Waals surface area (Å²) in [5, 5.41) is 4.21. The lowest BCUT2D eigenvalue weighted by Gasteiger charge is -2.18. The van der Waals surface area contributed by atoms with Gasteiger partial charge in [0.15, 0.2) is 0 Å². The van der Waals surface area contributed by atoms with Gasteiger partial charge in [-0.1, -0.05) is 12.2 Å². The van der Waals surface area contributed by atoms with E-state index in [1.165, 1.54) is 12.8 Å². The maximum absolute atomic E-state index is 12.3. The summed E-state index contributed by atoms with van der Waals surface area (Å²) < 4.78 is 7.23. The van der Waals surface area contributed by atoms with Crippen LogP contribution in [0.3, 0.4) is 0 Å². The third kappa shape index (κ3) is 2.74. The molecule has 2 aromatic rings. The number of nitrogens with one attached hydrogen (secondary N) is 1. The van der Waals surface area contributed by atoms with Crippen LogP contribution in [0.4, 0.5) is 0 Å². The van der Waals surface area contributed by atoms with Gasteiger partial charge in [0.25, 0.3) is 0 Å². The SMILES string of the molecule is COc1ccc2c(ccn2CC(=O)NC[C@H]2C[C@H]3C=C[C@@H]2C3)c1. The largest absolute Gasteiger partial charge is 0.497 e. The monoisotopic (exact) mass is 310 g/mol. The maximum Gasteiger partial charge on any atom is 0.239 e. The van der Waals surface area contributed by atoms with E-state index in [2.05, 4.69) is 17.5 Å². The van der Waals surface area contributed by atoms with E-state index in [4.69, 9.17) is 4.74 Å². The molecule has 2 bridgehead atoms. The second-order valence-electron chi connectivity index (χ2n) is 6.71. The summed E-state index contributed by atoms with van der Waals surface area (Å²) >= 11 is 0. The standard InChI is InChI=1S/C19H22N2O2/c1-23-17-4-5-18-15(10-17)6-7-21(18)12-19(22)20-11-16-9-13-2-3-14(16)8-13/h2-7,10,13-14,16H,8-9,11-12H2,1H3,(H,20,22)/t13-,14+,16+/m0/s1. The lowest BCUT2D eigenvalue weighted by molar-refractivity contribution is -0.121. The topological polar surface area (TPSA) is 43.3 Å². The van der Waals surface area contributed by atoms with Gasteiger partial charge in [0.1, 0.15) is 12.3 Å². The summed E-state index contributed by atoms with van der Waals surface area (Å²) in [6.07, 6.45) is 9.14. The Bertz CT molecular complexity index is 762. The van der Waals surface area contributed by atoms with Crippen LogP contribution in [0.2, 0.25) is 0 Å². The Hall–Kier alpha value is -2.23. The molecule has 0 saturated heterocycles. The number of methoxy groups -OCH3 is 1. The van der Waals surface area contributed by atoms with Gasteiger partial charge in [-0.3, -0.25) is 4.79 Å². The van der Waals surface area contributed by atoms with Crippen molar-refractivity contribution in [3.8, 4) is 5.75 Å². The Labute approximate surface area is 136 Å². The van der Waals surface area contributed by atoms with Gasteiger partial charge in [0, 0.05) is 23.6 Å². The first-order chi connectivity index (χ1) is 11.2. The molecular weight excluding hydrogens is 288 g/mol. The average molecular weight is 310 g/mol. The number of fused-ring (bicyclic) bond motifs is 3. The molecule has 0 spiro atoms. The molecule has 1 aromatic heterocycles. The molecule has 23 heavy (non-hydrogen) atoms. The molecule has 3 atom stereocenters. The molecule has 0 unspecified atom stereocenters. The van der Waals surface area contributed by atoms with Crippen molar-refractivity contribution in [2.45, 2.75) is 19.4 Å². The number of aromatic nitrogens is 1. The molecule has 1 heterocycles. The summed E-state index contributed by atoms with van der Waals surface area (Å²) in [6, 6.07) is 7.94. The van der Waals surface area contributed by atoms with Crippen LogP contribution in [0.15, 0.2) is 42.6 Å². The van der Waals surface area contributed by atoms with Crippen molar-refractivity contribution < 1.29 is 9.53 Å². The lowest BCUT2D eigenvalue weighted by atomic mass is 9.94. The zero-order chi connectivity index (χ0) is 15.8. The molecule has 4 nitrogen and oxygen atoms in total. The molecule has 2 aliphatic rings. The Morgan fingerprint density at radius 3 is 2.96 bits per heavy atom. The van der Waals surface area contributed by atoms with Crippen molar-refractivity contribution in [1.82, 2.24) is 9.88 Å². The molecule has 0 aliphatic heterocycles. The highest BCUT2D eigenvalue weighted by Gasteiger charge is 2.35. The third-order valence-electron chi connectivity index (χ3n) is 5.27. The first kappa shape index (κ1) is 14.4. The Morgan fingerprint density at radius 2 is 2.22 bits per heavy atom. The van der Waals surface area contributed by atoms with Gasteiger partial charge in [-0.05, 0) is 54.9 Å². The van der Waals surface area contributed by atoms with Gasteiger partial charge < -0.3 is 14.6 Å². The minimum atomic E-state index is 0.0880. The summed E-state index contributed by atoms with van der Waals surface area (Å²) in [5.74, 6) is 2.99. The van der Waals surface area contributed by atoms with Crippen LogP contribution in [0.5, 0.6) is 5.75 Å². The van der Waals surface area contributed by atoms with Gasteiger partial charge >= 0.3 is 0 Å². The minimum Gasteiger partial charge on any atom is -0.497 e. The first-order valence-electron chi connectivity index (χ1n) is 8.31. The quantitative estimate of drug-likeness (QED) is 0.863. The van der Waals surface area contributed by atoms with Crippen LogP contribution in [0, 0.1) is 17.8 Å².